The summed E-state index contributed by atoms with van der Waals surface area (Å²) in [4.78, 5) is 0. The zero-order valence-corrected chi connectivity index (χ0v) is 10.2. The molecule has 1 aromatic rings. The highest BCUT2D eigenvalue weighted by Crippen LogP contribution is 2.10. The summed E-state index contributed by atoms with van der Waals surface area (Å²) in [6.07, 6.45) is 5.65. The van der Waals surface area contributed by atoms with Crippen molar-refractivity contribution in [2.45, 2.75) is 18.9 Å². The second-order valence-electron chi connectivity index (χ2n) is 3.73. The van der Waals surface area contributed by atoms with Gasteiger partial charge in [0.2, 0.25) is 0 Å². The Hall–Kier alpha value is -1.40. The van der Waals surface area contributed by atoms with Gasteiger partial charge in [-0.15, -0.1) is 0 Å². The van der Waals surface area contributed by atoms with Crippen LogP contribution in [0.25, 0.3) is 0 Å². The van der Waals surface area contributed by atoms with Gasteiger partial charge in [0.05, 0.1) is 18.6 Å². The Balaban J connectivity index is 1.63. The molecule has 1 aromatic heterocycles. The van der Waals surface area contributed by atoms with Crippen LogP contribution in [0.5, 0.6) is 0 Å². The summed E-state index contributed by atoms with van der Waals surface area (Å²) in [7, 11) is 0. The largest absolute Gasteiger partial charge is 0.463 e. The molecule has 1 aliphatic rings. The van der Waals surface area contributed by atoms with Crippen LogP contribution in [0.1, 0.15) is 18.6 Å². The number of hydrogen-bond donors (Lipinski definition) is 2. The second kappa shape index (κ2) is 6.36. The van der Waals surface area contributed by atoms with Crippen LogP contribution in [0, 0.1) is 0 Å². The van der Waals surface area contributed by atoms with Gasteiger partial charge in [0.1, 0.15) is 5.76 Å². The van der Waals surface area contributed by atoms with Crippen molar-refractivity contribution in [3.63, 3.8) is 0 Å². The third-order valence-electron chi connectivity index (χ3n) is 2.42. The highest BCUT2D eigenvalue weighted by Gasteiger charge is 2.14. The van der Waals surface area contributed by atoms with Crippen LogP contribution < -0.4 is 10.7 Å². The van der Waals surface area contributed by atoms with Gasteiger partial charge in [-0.05, 0) is 37.2 Å². The predicted molar refractivity (Wildman–Crippen MR) is 69.0 cm³/mol. The molecular weight excluding hydrogens is 238 g/mol. The molecule has 1 saturated heterocycles. The van der Waals surface area contributed by atoms with E-state index < -0.39 is 0 Å². The van der Waals surface area contributed by atoms with Gasteiger partial charge in [-0.1, -0.05) is 0 Å². The average molecular weight is 253 g/mol. The van der Waals surface area contributed by atoms with Crippen molar-refractivity contribution >= 4 is 23.5 Å². The zero-order valence-electron chi connectivity index (χ0n) is 9.39. The van der Waals surface area contributed by atoms with Crippen molar-refractivity contribution < 1.29 is 9.15 Å². The first-order chi connectivity index (χ1) is 8.34. The van der Waals surface area contributed by atoms with Crippen molar-refractivity contribution in [2.24, 2.45) is 5.10 Å². The molecule has 2 rings (SSSR count). The minimum absolute atomic E-state index is 0.267. The van der Waals surface area contributed by atoms with Crippen LogP contribution in [0.2, 0.25) is 0 Å². The zero-order chi connectivity index (χ0) is 11.9. The van der Waals surface area contributed by atoms with E-state index in [1.54, 1.807) is 18.5 Å². The highest BCUT2D eigenvalue weighted by atomic mass is 32.1. The molecule has 17 heavy (non-hydrogen) atoms. The van der Waals surface area contributed by atoms with Crippen LogP contribution >= 0.6 is 12.2 Å². The number of nitrogens with one attached hydrogen (secondary N) is 2. The molecule has 1 fully saturated rings. The number of nitrogens with zero attached hydrogens (tertiary/aromatic N) is 1. The third-order valence-corrected chi connectivity index (χ3v) is 2.65. The molecule has 6 heteroatoms. The Bertz CT molecular complexity index is 372. The highest BCUT2D eigenvalue weighted by molar-refractivity contribution is 7.80. The number of hydrogen-bond acceptors (Lipinski definition) is 4. The number of thiocarbonyl (C=S) groups is 1. The van der Waals surface area contributed by atoms with Crippen LogP contribution in [0.3, 0.4) is 0 Å². The van der Waals surface area contributed by atoms with E-state index in [4.69, 9.17) is 21.4 Å². The molecule has 0 spiro atoms. The fourth-order valence-electron chi connectivity index (χ4n) is 1.57. The Morgan fingerprint density at radius 1 is 1.65 bits per heavy atom. The monoisotopic (exact) mass is 253 g/mol. The summed E-state index contributed by atoms with van der Waals surface area (Å²) in [5.74, 6) is 0.680. The van der Waals surface area contributed by atoms with E-state index in [1.807, 2.05) is 6.07 Å². The summed E-state index contributed by atoms with van der Waals surface area (Å²) < 4.78 is 10.5. The third kappa shape index (κ3) is 4.16. The molecule has 2 N–H and O–H groups in total. The second-order valence-corrected chi connectivity index (χ2v) is 4.14. The Morgan fingerprint density at radius 3 is 3.29 bits per heavy atom. The molecule has 1 unspecified atom stereocenters. The van der Waals surface area contributed by atoms with Crippen molar-refractivity contribution in [1.82, 2.24) is 10.7 Å². The van der Waals surface area contributed by atoms with Gasteiger partial charge in [0.25, 0.3) is 0 Å². The quantitative estimate of drug-likeness (QED) is 0.480. The number of rotatable bonds is 4. The Morgan fingerprint density at radius 2 is 2.59 bits per heavy atom. The van der Waals surface area contributed by atoms with Gasteiger partial charge >= 0.3 is 0 Å². The first kappa shape index (κ1) is 12.1. The number of ether oxygens (including phenoxy) is 1. The molecule has 0 saturated carbocycles. The van der Waals surface area contributed by atoms with Gasteiger partial charge < -0.3 is 14.5 Å². The maximum absolute atomic E-state index is 5.46. The average Bonchev–Trinajstić information content (AvgIpc) is 2.99. The lowest BCUT2D eigenvalue weighted by molar-refractivity contribution is 0.114. The van der Waals surface area contributed by atoms with Gasteiger partial charge in [-0.3, -0.25) is 5.43 Å². The smallest absolute Gasteiger partial charge is 0.187 e. The van der Waals surface area contributed by atoms with E-state index in [0.717, 1.165) is 26.0 Å². The fraction of sp³-hybridized carbons (Fsp3) is 0.455. The minimum Gasteiger partial charge on any atom is -0.463 e. The molecule has 0 aromatic carbocycles. The molecule has 5 nitrogen and oxygen atoms in total. The topological polar surface area (TPSA) is 58.8 Å². The van der Waals surface area contributed by atoms with Gasteiger partial charge in [0, 0.05) is 13.2 Å². The fourth-order valence-corrected chi connectivity index (χ4v) is 1.71. The standard InChI is InChI=1S/C11H15N3O2S/c17-11(12-7-9-3-1-5-15-9)14-13-8-10-4-2-6-16-10/h2,4,6,8-9H,1,3,5,7H2,(H2,12,14,17). The molecule has 0 aliphatic carbocycles. The molecule has 92 valence electrons. The number of furan rings is 1. The maximum Gasteiger partial charge on any atom is 0.187 e. The van der Waals surface area contributed by atoms with E-state index in [9.17, 15) is 0 Å². The Kier molecular flexibility index (Phi) is 4.52. The molecule has 1 atom stereocenters. The van der Waals surface area contributed by atoms with Crippen LogP contribution in [0.15, 0.2) is 27.9 Å². The van der Waals surface area contributed by atoms with E-state index in [1.165, 1.54) is 0 Å². The first-order valence-electron chi connectivity index (χ1n) is 5.56. The first-order valence-corrected chi connectivity index (χ1v) is 5.97. The summed E-state index contributed by atoms with van der Waals surface area (Å²) in [6.45, 7) is 1.57. The summed E-state index contributed by atoms with van der Waals surface area (Å²) in [5, 5.41) is 7.49. The lowest BCUT2D eigenvalue weighted by Crippen LogP contribution is -2.37. The predicted octanol–water partition coefficient (Wildman–Crippen LogP) is 1.26. The summed E-state index contributed by atoms with van der Waals surface area (Å²) in [5.41, 5.74) is 2.72. The normalized spacial score (nSPS) is 19.6. The SMILES string of the molecule is S=C(NCC1CCCO1)NN=Cc1ccco1. The van der Waals surface area contributed by atoms with Gasteiger partial charge in [-0.2, -0.15) is 5.10 Å². The molecule has 0 bridgehead atoms. The maximum atomic E-state index is 5.46. The summed E-state index contributed by atoms with van der Waals surface area (Å²) in [6, 6.07) is 3.61. The lowest BCUT2D eigenvalue weighted by Gasteiger charge is -2.11. The van der Waals surface area contributed by atoms with Gasteiger partial charge in [-0.25, -0.2) is 0 Å². The van der Waals surface area contributed by atoms with Crippen LogP contribution in [0.4, 0.5) is 0 Å². The van der Waals surface area contributed by atoms with Crippen molar-refractivity contribution in [3.05, 3.63) is 24.2 Å². The summed E-state index contributed by atoms with van der Waals surface area (Å²) >= 11 is 5.06. The van der Waals surface area contributed by atoms with Crippen molar-refractivity contribution in [2.75, 3.05) is 13.2 Å². The van der Waals surface area contributed by atoms with Crippen molar-refractivity contribution in [1.29, 1.82) is 0 Å². The molecule has 1 aliphatic heterocycles. The molecule has 2 heterocycles. The number of hydrazone groups is 1. The molecule has 0 radical (unpaired) electrons. The van der Waals surface area contributed by atoms with Crippen molar-refractivity contribution in [3.8, 4) is 0 Å². The van der Waals surface area contributed by atoms with Gasteiger partial charge in [0.15, 0.2) is 5.11 Å². The van der Waals surface area contributed by atoms with E-state index in [2.05, 4.69) is 15.8 Å². The van der Waals surface area contributed by atoms with Crippen LogP contribution in [-0.2, 0) is 4.74 Å². The Labute approximate surface area is 105 Å². The minimum atomic E-state index is 0.267. The molecular formula is C11H15N3O2S. The molecule has 0 amide bonds. The van der Waals surface area contributed by atoms with E-state index in [-0.39, 0.29) is 6.10 Å². The van der Waals surface area contributed by atoms with E-state index >= 15 is 0 Å². The lowest BCUT2D eigenvalue weighted by atomic mass is 10.2. The van der Waals surface area contributed by atoms with Crippen LogP contribution in [-0.4, -0.2) is 30.6 Å². The van der Waals surface area contributed by atoms with E-state index in [0.29, 0.717) is 10.9 Å².